The Morgan fingerprint density at radius 2 is 1.72 bits per heavy atom. The summed E-state index contributed by atoms with van der Waals surface area (Å²) in [5.41, 5.74) is 1.82. The van der Waals surface area contributed by atoms with Gasteiger partial charge in [0.05, 0.1) is 11.5 Å². The number of hydrogen-bond donors (Lipinski definition) is 0. The Labute approximate surface area is 182 Å². The molecule has 0 saturated heterocycles. The number of hydrogen-bond acceptors (Lipinski definition) is 4. The van der Waals surface area contributed by atoms with E-state index in [4.69, 9.17) is 4.74 Å². The second-order valence-corrected chi connectivity index (χ2v) is 10.1. The van der Waals surface area contributed by atoms with E-state index in [0.29, 0.717) is 6.42 Å². The van der Waals surface area contributed by atoms with Crippen molar-refractivity contribution in [2.75, 3.05) is 6.61 Å². The third-order valence-corrected chi connectivity index (χ3v) is 7.01. The molecule has 0 radical (unpaired) electrons. The Hall–Kier alpha value is -1.70. The number of carbonyl (C=O) groups is 1. The Kier molecular flexibility index (Phi) is 8.43. The third-order valence-electron chi connectivity index (χ3n) is 4.61. The summed E-state index contributed by atoms with van der Waals surface area (Å²) >= 11 is 3.34. The van der Waals surface area contributed by atoms with E-state index >= 15 is 0 Å². The van der Waals surface area contributed by atoms with Crippen molar-refractivity contribution in [1.29, 1.82) is 0 Å². The van der Waals surface area contributed by atoms with Crippen LogP contribution in [0.3, 0.4) is 0 Å². The quantitative estimate of drug-likeness (QED) is 0.476. The summed E-state index contributed by atoms with van der Waals surface area (Å²) < 4.78 is 34.5. The van der Waals surface area contributed by atoms with Gasteiger partial charge in [0.15, 0.2) is 0 Å². The first-order valence-electron chi connectivity index (χ1n) is 9.65. The molecule has 0 unspecified atom stereocenters. The van der Waals surface area contributed by atoms with Gasteiger partial charge in [-0.2, -0.15) is 4.31 Å². The van der Waals surface area contributed by atoms with Crippen LogP contribution in [0.1, 0.15) is 38.3 Å². The summed E-state index contributed by atoms with van der Waals surface area (Å²) in [6.45, 7) is 7.88. The zero-order valence-corrected chi connectivity index (χ0v) is 19.7. The maximum absolute atomic E-state index is 13.6. The maximum Gasteiger partial charge on any atom is 0.324 e. The molecule has 29 heavy (non-hydrogen) atoms. The van der Waals surface area contributed by atoms with Crippen LogP contribution in [0, 0.1) is 12.8 Å². The van der Waals surface area contributed by atoms with Gasteiger partial charge in [-0.05, 0) is 61.6 Å². The molecule has 0 aromatic heterocycles. The molecular weight excluding hydrogens is 454 g/mol. The summed E-state index contributed by atoms with van der Waals surface area (Å²) in [5.74, 6) is -0.403. The van der Waals surface area contributed by atoms with Crippen LogP contribution in [0.4, 0.5) is 0 Å². The highest BCUT2D eigenvalue weighted by molar-refractivity contribution is 9.10. The number of halogens is 1. The fraction of sp³-hybridized carbons (Fsp3) is 0.409. The summed E-state index contributed by atoms with van der Waals surface area (Å²) in [7, 11) is -3.93. The molecule has 0 spiro atoms. The molecule has 0 aliphatic rings. The first-order chi connectivity index (χ1) is 13.7. The van der Waals surface area contributed by atoms with Crippen molar-refractivity contribution < 1.29 is 17.9 Å². The van der Waals surface area contributed by atoms with E-state index in [0.717, 1.165) is 15.6 Å². The lowest BCUT2D eigenvalue weighted by Crippen LogP contribution is -2.46. The van der Waals surface area contributed by atoms with Crippen molar-refractivity contribution in [2.24, 2.45) is 5.92 Å². The molecule has 0 bridgehead atoms. The van der Waals surface area contributed by atoms with E-state index in [9.17, 15) is 13.2 Å². The molecular formula is C22H28BrNO4S. The van der Waals surface area contributed by atoms with E-state index < -0.39 is 22.0 Å². The number of sulfonamides is 1. The zero-order chi connectivity index (χ0) is 21.6. The molecule has 158 valence electrons. The van der Waals surface area contributed by atoms with Crippen molar-refractivity contribution in [2.45, 2.75) is 51.6 Å². The third kappa shape index (κ3) is 6.14. The molecule has 5 nitrogen and oxygen atoms in total. The lowest BCUT2D eigenvalue weighted by molar-refractivity contribution is -0.148. The van der Waals surface area contributed by atoms with E-state index in [2.05, 4.69) is 15.9 Å². The van der Waals surface area contributed by atoms with Gasteiger partial charge in [0.25, 0.3) is 0 Å². The molecule has 2 rings (SSSR count). The molecule has 0 fully saturated rings. The van der Waals surface area contributed by atoms with Crippen LogP contribution >= 0.6 is 15.9 Å². The van der Waals surface area contributed by atoms with Crippen molar-refractivity contribution in [1.82, 2.24) is 4.31 Å². The first-order valence-corrected chi connectivity index (χ1v) is 11.9. The molecule has 0 heterocycles. The highest BCUT2D eigenvalue weighted by Crippen LogP contribution is 2.27. The van der Waals surface area contributed by atoms with Crippen LogP contribution in [-0.4, -0.2) is 31.3 Å². The lowest BCUT2D eigenvalue weighted by Gasteiger charge is -2.31. The first kappa shape index (κ1) is 23.6. The molecule has 0 aliphatic heterocycles. The minimum atomic E-state index is -3.93. The predicted octanol–water partition coefficient (Wildman–Crippen LogP) is 4.93. The number of benzene rings is 2. The van der Waals surface area contributed by atoms with Crippen molar-refractivity contribution >= 4 is 31.9 Å². The Bertz CT molecular complexity index is 926. The molecule has 2 aromatic carbocycles. The fourth-order valence-corrected chi connectivity index (χ4v) is 4.91. The van der Waals surface area contributed by atoms with Crippen LogP contribution in [0.5, 0.6) is 0 Å². The minimum Gasteiger partial charge on any atom is -0.465 e. The van der Waals surface area contributed by atoms with E-state index in [-0.39, 0.29) is 24.0 Å². The summed E-state index contributed by atoms with van der Waals surface area (Å²) in [4.78, 5) is 12.9. The van der Waals surface area contributed by atoms with Gasteiger partial charge in [-0.1, -0.05) is 54.0 Å². The molecule has 0 N–H and O–H groups in total. The van der Waals surface area contributed by atoms with E-state index in [1.54, 1.807) is 31.2 Å². The zero-order valence-electron chi connectivity index (χ0n) is 17.3. The van der Waals surface area contributed by atoms with Gasteiger partial charge >= 0.3 is 5.97 Å². The van der Waals surface area contributed by atoms with Gasteiger partial charge in [-0.15, -0.1) is 0 Å². The normalized spacial score (nSPS) is 12.9. The van der Waals surface area contributed by atoms with E-state index in [1.807, 2.05) is 45.0 Å². The smallest absolute Gasteiger partial charge is 0.324 e. The van der Waals surface area contributed by atoms with E-state index in [1.165, 1.54) is 4.31 Å². The number of esters is 1. The predicted molar refractivity (Wildman–Crippen MR) is 118 cm³/mol. The van der Waals surface area contributed by atoms with Crippen molar-refractivity contribution in [3.63, 3.8) is 0 Å². The van der Waals surface area contributed by atoms with Crippen LogP contribution in [0.15, 0.2) is 57.9 Å². The summed E-state index contributed by atoms with van der Waals surface area (Å²) in [6.07, 6.45) is 0.375. The standard InChI is InChI=1S/C22H28BrNO4S/c1-5-28-22(25)21(14-16(2)3)24(15-18-9-7-6-8-17(18)4)29(26,27)20-12-10-19(23)11-13-20/h6-13,16,21H,5,14-15H2,1-4H3/t21-/m1/s1. The number of ether oxygens (including phenoxy) is 1. The Morgan fingerprint density at radius 1 is 1.10 bits per heavy atom. The molecule has 7 heteroatoms. The highest BCUT2D eigenvalue weighted by atomic mass is 79.9. The minimum absolute atomic E-state index is 0.0985. The summed E-state index contributed by atoms with van der Waals surface area (Å²) in [6, 6.07) is 13.1. The SMILES string of the molecule is CCOC(=O)[C@@H](CC(C)C)N(Cc1ccccc1C)S(=O)(=O)c1ccc(Br)cc1. The number of aryl methyl sites for hydroxylation is 1. The van der Waals surface area contributed by atoms with Gasteiger partial charge in [0.2, 0.25) is 10.0 Å². The van der Waals surface area contributed by atoms with Gasteiger partial charge in [-0.3, -0.25) is 4.79 Å². The molecule has 0 saturated carbocycles. The summed E-state index contributed by atoms with van der Waals surface area (Å²) in [5, 5.41) is 0. The Balaban J connectivity index is 2.57. The number of rotatable bonds is 9. The van der Waals surface area contributed by atoms with Gasteiger partial charge in [-0.25, -0.2) is 8.42 Å². The molecule has 0 aliphatic carbocycles. The molecule has 1 atom stereocenters. The number of nitrogens with zero attached hydrogens (tertiary/aromatic N) is 1. The average Bonchev–Trinajstić information content (AvgIpc) is 2.66. The average molecular weight is 482 g/mol. The monoisotopic (exact) mass is 481 g/mol. The van der Waals surface area contributed by atoms with Crippen molar-refractivity contribution in [3.8, 4) is 0 Å². The Morgan fingerprint density at radius 3 is 2.28 bits per heavy atom. The van der Waals surface area contributed by atoms with Crippen molar-refractivity contribution in [3.05, 3.63) is 64.1 Å². The topological polar surface area (TPSA) is 63.7 Å². The van der Waals surface area contributed by atoms with Crippen LogP contribution < -0.4 is 0 Å². The van der Waals surface area contributed by atoms with Crippen LogP contribution in [0.2, 0.25) is 0 Å². The lowest BCUT2D eigenvalue weighted by atomic mass is 10.0. The second-order valence-electron chi connectivity index (χ2n) is 7.33. The molecule has 2 aromatic rings. The highest BCUT2D eigenvalue weighted by Gasteiger charge is 2.37. The second kappa shape index (κ2) is 10.4. The fourth-order valence-electron chi connectivity index (χ4n) is 3.08. The van der Waals surface area contributed by atoms with Crippen LogP contribution in [0.25, 0.3) is 0 Å². The van der Waals surface area contributed by atoms with Gasteiger partial charge in [0.1, 0.15) is 6.04 Å². The van der Waals surface area contributed by atoms with Gasteiger partial charge < -0.3 is 4.74 Å². The number of carbonyl (C=O) groups excluding carboxylic acids is 1. The van der Waals surface area contributed by atoms with Crippen LogP contribution in [-0.2, 0) is 26.1 Å². The largest absolute Gasteiger partial charge is 0.465 e. The van der Waals surface area contributed by atoms with Gasteiger partial charge in [0, 0.05) is 11.0 Å². The molecule has 0 amide bonds. The maximum atomic E-state index is 13.6.